The Morgan fingerprint density at radius 1 is 1.57 bits per heavy atom. The molecule has 0 N–H and O–H groups in total. The van der Waals surface area contributed by atoms with E-state index in [1.807, 2.05) is 6.92 Å². The van der Waals surface area contributed by atoms with E-state index in [9.17, 15) is 8.78 Å². The van der Waals surface area contributed by atoms with Gasteiger partial charge in [0.1, 0.15) is 0 Å². The Labute approximate surface area is 41.8 Å². The monoisotopic (exact) mass is 106 g/mol. The molecule has 0 spiro atoms. The van der Waals surface area contributed by atoms with Crippen LogP contribution < -0.4 is 0 Å². The van der Waals surface area contributed by atoms with Crippen molar-refractivity contribution >= 4 is 0 Å². The normalized spacial score (nSPS) is 11.4. The van der Waals surface area contributed by atoms with Crippen LogP contribution in [0, 0.1) is 0 Å². The van der Waals surface area contributed by atoms with Crippen LogP contribution >= 0.6 is 0 Å². The summed E-state index contributed by atoms with van der Waals surface area (Å²) in [4.78, 5) is 0. The predicted molar refractivity (Wildman–Crippen MR) is 25.4 cm³/mol. The Morgan fingerprint density at radius 2 is 2.14 bits per heavy atom. The highest BCUT2D eigenvalue weighted by Gasteiger charge is 1.88. The molecule has 0 saturated heterocycles. The van der Waals surface area contributed by atoms with Gasteiger partial charge < -0.3 is 0 Å². The summed E-state index contributed by atoms with van der Waals surface area (Å²) in [5, 5.41) is 0. The molecule has 0 aliphatic carbocycles. The summed E-state index contributed by atoms with van der Waals surface area (Å²) in [5.74, 6) is 0. The van der Waals surface area contributed by atoms with E-state index in [4.69, 9.17) is 0 Å². The summed E-state index contributed by atoms with van der Waals surface area (Å²) in [6.07, 6.45) is 0.745. The minimum Gasteiger partial charge on any atom is -0.206 e. The van der Waals surface area contributed by atoms with Crippen molar-refractivity contribution in [2.45, 2.75) is 19.8 Å². The lowest BCUT2D eigenvalue weighted by Crippen LogP contribution is -1.77. The van der Waals surface area contributed by atoms with Gasteiger partial charge in [0.05, 0.1) is 0 Å². The van der Waals surface area contributed by atoms with E-state index in [0.717, 1.165) is 6.08 Å². The molecule has 0 saturated carbocycles. The average Bonchev–Trinajstić information content (AvgIpc) is 1.61. The number of allylic oxidation sites excluding steroid dienone is 2. The Kier molecular flexibility index (Phi) is 3.56. The van der Waals surface area contributed by atoms with Crippen molar-refractivity contribution in [2.75, 3.05) is 0 Å². The molecule has 0 rings (SSSR count). The van der Waals surface area contributed by atoms with Crippen LogP contribution in [0.3, 0.4) is 0 Å². The summed E-state index contributed by atoms with van der Waals surface area (Å²) < 4.78 is 22.3. The fourth-order valence-corrected chi connectivity index (χ4v) is 0.239. The first-order valence-corrected chi connectivity index (χ1v) is 2.22. The maximum Gasteiger partial charge on any atom is 0.257 e. The van der Waals surface area contributed by atoms with Crippen LogP contribution in [0.4, 0.5) is 8.78 Å². The Morgan fingerprint density at radius 3 is 2.29 bits per heavy atom. The van der Waals surface area contributed by atoms with Gasteiger partial charge in [0.2, 0.25) is 0 Å². The molecule has 0 heterocycles. The van der Waals surface area contributed by atoms with E-state index in [0.29, 0.717) is 6.42 Å². The van der Waals surface area contributed by atoms with E-state index in [2.05, 4.69) is 0 Å². The first-order valence-electron chi connectivity index (χ1n) is 2.22. The molecule has 7 heavy (non-hydrogen) atoms. The Bertz CT molecular complexity index is 57.1. The minimum atomic E-state index is -2.28. The molecule has 0 aromatic carbocycles. The van der Waals surface area contributed by atoms with Gasteiger partial charge in [0.25, 0.3) is 6.43 Å². The fourth-order valence-electron chi connectivity index (χ4n) is 0.239. The molecule has 0 amide bonds. The largest absolute Gasteiger partial charge is 0.257 e. The average molecular weight is 106 g/mol. The van der Waals surface area contributed by atoms with Crippen molar-refractivity contribution in [1.29, 1.82) is 0 Å². The maximum atomic E-state index is 11.1. The summed E-state index contributed by atoms with van der Waals surface area (Å²) >= 11 is 0. The summed E-state index contributed by atoms with van der Waals surface area (Å²) in [7, 11) is 0. The van der Waals surface area contributed by atoms with E-state index in [-0.39, 0.29) is 0 Å². The number of halogens is 2. The Hall–Kier alpha value is -0.400. The van der Waals surface area contributed by atoms with Crippen LogP contribution in [0.1, 0.15) is 13.3 Å². The topological polar surface area (TPSA) is 0 Å². The standard InChI is InChI=1S/C5H8F2/c1-2-3-4-5(6)7/h3-5H,2H2,1H3. The molecule has 0 atom stereocenters. The van der Waals surface area contributed by atoms with E-state index in [1.165, 1.54) is 6.08 Å². The molecular weight excluding hydrogens is 98.1 g/mol. The van der Waals surface area contributed by atoms with Gasteiger partial charge in [0.15, 0.2) is 0 Å². The molecule has 0 fully saturated rings. The zero-order valence-electron chi connectivity index (χ0n) is 4.20. The van der Waals surface area contributed by atoms with Crippen molar-refractivity contribution in [2.24, 2.45) is 0 Å². The van der Waals surface area contributed by atoms with Crippen molar-refractivity contribution in [3.63, 3.8) is 0 Å². The first kappa shape index (κ1) is 6.60. The second kappa shape index (κ2) is 3.78. The van der Waals surface area contributed by atoms with Crippen LogP contribution in [0.2, 0.25) is 0 Å². The van der Waals surface area contributed by atoms with Gasteiger partial charge in [0, 0.05) is 0 Å². The third-order valence-corrected chi connectivity index (χ3v) is 0.517. The molecule has 0 aromatic rings. The molecule has 0 aromatic heterocycles. The van der Waals surface area contributed by atoms with Gasteiger partial charge in [-0.25, -0.2) is 8.78 Å². The van der Waals surface area contributed by atoms with Crippen molar-refractivity contribution in [3.05, 3.63) is 12.2 Å². The number of hydrogen-bond donors (Lipinski definition) is 0. The van der Waals surface area contributed by atoms with Crippen LogP contribution in [-0.2, 0) is 0 Å². The number of hydrogen-bond acceptors (Lipinski definition) is 0. The molecule has 2 heteroatoms. The van der Waals surface area contributed by atoms with Gasteiger partial charge in [-0.3, -0.25) is 0 Å². The highest BCUT2D eigenvalue weighted by molar-refractivity contribution is 4.82. The van der Waals surface area contributed by atoms with Crippen LogP contribution in [-0.4, -0.2) is 6.43 Å². The zero-order valence-corrected chi connectivity index (χ0v) is 4.20. The number of rotatable bonds is 2. The van der Waals surface area contributed by atoms with E-state index >= 15 is 0 Å². The number of alkyl halides is 2. The van der Waals surface area contributed by atoms with Gasteiger partial charge in [-0.15, -0.1) is 0 Å². The van der Waals surface area contributed by atoms with Crippen LogP contribution in [0.15, 0.2) is 12.2 Å². The van der Waals surface area contributed by atoms with Crippen LogP contribution in [0.5, 0.6) is 0 Å². The molecule has 0 aliphatic rings. The van der Waals surface area contributed by atoms with Gasteiger partial charge >= 0.3 is 0 Å². The van der Waals surface area contributed by atoms with E-state index in [1.54, 1.807) is 0 Å². The van der Waals surface area contributed by atoms with Gasteiger partial charge in [-0.1, -0.05) is 13.0 Å². The summed E-state index contributed by atoms with van der Waals surface area (Å²) in [5.41, 5.74) is 0. The quantitative estimate of drug-likeness (QED) is 0.473. The molecule has 0 nitrogen and oxygen atoms in total. The molecule has 42 valence electrons. The Balaban J connectivity index is 3.08. The zero-order chi connectivity index (χ0) is 5.70. The fraction of sp³-hybridized carbons (Fsp3) is 0.600. The minimum absolute atomic E-state index is 0.685. The lowest BCUT2D eigenvalue weighted by molar-refractivity contribution is 0.204. The van der Waals surface area contributed by atoms with E-state index < -0.39 is 6.43 Å². The van der Waals surface area contributed by atoms with Crippen molar-refractivity contribution in [3.8, 4) is 0 Å². The summed E-state index contributed by atoms with van der Waals surface area (Å²) in [6, 6.07) is 0. The third-order valence-electron chi connectivity index (χ3n) is 0.517. The molecular formula is C5H8F2. The first-order chi connectivity index (χ1) is 3.27. The molecule has 0 aliphatic heterocycles. The second-order valence-corrected chi connectivity index (χ2v) is 1.17. The molecule has 0 radical (unpaired) electrons. The SMILES string of the molecule is CCC=CC(F)F. The summed E-state index contributed by atoms with van der Waals surface area (Å²) in [6.45, 7) is 1.82. The van der Waals surface area contributed by atoms with Gasteiger partial charge in [-0.05, 0) is 12.5 Å². The van der Waals surface area contributed by atoms with Crippen LogP contribution in [0.25, 0.3) is 0 Å². The smallest absolute Gasteiger partial charge is 0.206 e. The maximum absolute atomic E-state index is 11.1. The molecule has 0 bridgehead atoms. The highest BCUT2D eigenvalue weighted by Crippen LogP contribution is 1.93. The molecule has 0 unspecified atom stereocenters. The van der Waals surface area contributed by atoms with Crippen molar-refractivity contribution < 1.29 is 8.78 Å². The lowest BCUT2D eigenvalue weighted by Gasteiger charge is -1.81. The van der Waals surface area contributed by atoms with Gasteiger partial charge in [-0.2, -0.15) is 0 Å². The second-order valence-electron chi connectivity index (χ2n) is 1.17. The highest BCUT2D eigenvalue weighted by atomic mass is 19.3. The van der Waals surface area contributed by atoms with Crippen molar-refractivity contribution in [1.82, 2.24) is 0 Å². The third kappa shape index (κ3) is 5.60. The lowest BCUT2D eigenvalue weighted by atomic mass is 10.4. The predicted octanol–water partition coefficient (Wildman–Crippen LogP) is 2.22.